The third-order valence-corrected chi connectivity index (χ3v) is 21.7. The van der Waals surface area contributed by atoms with E-state index in [1.807, 2.05) is 110 Å². The van der Waals surface area contributed by atoms with Crippen molar-refractivity contribution < 1.29 is 71.4 Å². The first-order valence-electron chi connectivity index (χ1n) is 45.8. The van der Waals surface area contributed by atoms with Crippen LogP contribution in [-0.2, 0) is 62.2 Å². The van der Waals surface area contributed by atoms with Crippen molar-refractivity contribution in [2.24, 2.45) is 0 Å². The number of carbonyl (C=O) groups is 6. The summed E-state index contributed by atoms with van der Waals surface area (Å²) >= 11 is 0. The third-order valence-electron chi connectivity index (χ3n) is 21.7. The number of rotatable bonds is 62. The lowest BCUT2D eigenvalue weighted by molar-refractivity contribution is -0.191. The second kappa shape index (κ2) is 56.8. The number of hydrogen-bond acceptors (Lipinski definition) is 21. The number of nitrogens with zero attached hydrogens (tertiary/aromatic N) is 6. The summed E-state index contributed by atoms with van der Waals surface area (Å²) < 4.78 is 52.0. The standard InChI is InChI=1S/C105H128N6O15/c1-7-10-28-37-81-72-106-100(107-73-81)87-49-61-93(62-50-87)122-103(115)78(4)84-43-55-90(56-44-84)118-68-34-25-19-13-16-22-31-40-96(112)121-71-67-99(125-97(113)41-32-23-17-14-20-26-35-69-119-91-57-45-85(46-58-91)79(5)104(116)123-94-63-51-88(52-64-94)101-108-74-82(75-109-101)38-29-11-8-2)126-98(114)42-33-24-18-15-21-27-36-70-120-92-59-47-86(48-60-92)80(6)105(117)124-95-65-53-89(54-66-95)102-110-76-83(77-111-102)39-30-12-9-3/h43-66,72-77,99H,4-42,67-71H2,1-3H3. The Kier molecular flexibility index (Phi) is 44.1. The number of aryl methyl sites for hydroxylation is 3. The van der Waals surface area contributed by atoms with E-state index in [0.29, 0.717) is 108 Å². The van der Waals surface area contributed by atoms with E-state index in [0.717, 1.165) is 207 Å². The van der Waals surface area contributed by atoms with Crippen molar-refractivity contribution in [3.8, 4) is 68.7 Å². The van der Waals surface area contributed by atoms with Gasteiger partial charge in [0.05, 0.1) is 49.6 Å². The van der Waals surface area contributed by atoms with Gasteiger partial charge in [-0.2, -0.15) is 0 Å². The molecule has 0 aliphatic heterocycles. The molecule has 0 spiro atoms. The van der Waals surface area contributed by atoms with Crippen LogP contribution in [0.25, 0.3) is 50.9 Å². The molecule has 0 unspecified atom stereocenters. The van der Waals surface area contributed by atoms with Crippen molar-refractivity contribution >= 4 is 52.5 Å². The number of ether oxygens (including phenoxy) is 9. The summed E-state index contributed by atoms with van der Waals surface area (Å²) in [6.07, 6.45) is 42.9. The highest BCUT2D eigenvalue weighted by Crippen LogP contribution is 2.30. The van der Waals surface area contributed by atoms with Crippen LogP contribution in [0.5, 0.6) is 34.5 Å². The molecule has 126 heavy (non-hydrogen) atoms. The lowest BCUT2D eigenvalue weighted by Gasteiger charge is -2.18. The van der Waals surface area contributed by atoms with Crippen molar-refractivity contribution in [1.82, 2.24) is 29.9 Å². The highest BCUT2D eigenvalue weighted by atomic mass is 16.7. The molecule has 0 saturated carbocycles. The number of carbonyl (C=O) groups excluding carboxylic acids is 6. The largest absolute Gasteiger partial charge is 0.494 e. The van der Waals surface area contributed by atoms with Crippen molar-refractivity contribution in [2.45, 2.75) is 265 Å². The fraction of sp³-hybridized carbons (Fsp3) is 0.429. The Labute approximate surface area is 745 Å². The predicted octanol–water partition coefficient (Wildman–Crippen LogP) is 24.4. The summed E-state index contributed by atoms with van der Waals surface area (Å²) in [7, 11) is 0. The fourth-order valence-corrected chi connectivity index (χ4v) is 14.0. The molecule has 21 nitrogen and oxygen atoms in total. The molecule has 0 atom stereocenters. The Bertz CT molecular complexity index is 4550. The van der Waals surface area contributed by atoms with Crippen molar-refractivity contribution in [3.63, 3.8) is 0 Å². The predicted molar refractivity (Wildman–Crippen MR) is 494 cm³/mol. The number of unbranched alkanes of at least 4 members (excludes halogenated alkanes) is 24. The number of hydrogen-bond donors (Lipinski definition) is 0. The third kappa shape index (κ3) is 36.7. The first-order chi connectivity index (χ1) is 61.6. The van der Waals surface area contributed by atoms with Crippen LogP contribution < -0.4 is 28.4 Å². The van der Waals surface area contributed by atoms with Gasteiger partial charge in [-0.3, -0.25) is 14.4 Å². The lowest BCUT2D eigenvalue weighted by atomic mass is 10.1. The first-order valence-corrected chi connectivity index (χ1v) is 45.8. The van der Waals surface area contributed by atoms with E-state index >= 15 is 0 Å². The zero-order valence-corrected chi connectivity index (χ0v) is 74.3. The second-order valence-corrected chi connectivity index (χ2v) is 32.0. The Morgan fingerprint density at radius 1 is 0.278 bits per heavy atom. The van der Waals surface area contributed by atoms with E-state index in [4.69, 9.17) is 42.6 Å². The molecule has 668 valence electrons. The van der Waals surface area contributed by atoms with Gasteiger partial charge in [0.2, 0.25) is 0 Å². The van der Waals surface area contributed by atoms with Gasteiger partial charge in [0.25, 0.3) is 6.29 Å². The minimum atomic E-state index is -1.18. The molecule has 0 amide bonds. The fourth-order valence-electron chi connectivity index (χ4n) is 14.0. The topological polar surface area (TPSA) is 263 Å². The molecule has 0 bridgehead atoms. The molecule has 0 radical (unpaired) electrons. The van der Waals surface area contributed by atoms with Gasteiger partial charge >= 0.3 is 35.8 Å². The Morgan fingerprint density at radius 3 is 0.794 bits per heavy atom. The monoisotopic (exact) mass is 1710 g/mol. The quantitative estimate of drug-likeness (QED) is 0.0113. The Balaban J connectivity index is 0.611. The van der Waals surface area contributed by atoms with Gasteiger partial charge in [0.1, 0.15) is 34.5 Å². The van der Waals surface area contributed by atoms with Crippen LogP contribution in [0, 0.1) is 0 Å². The molecule has 6 aromatic carbocycles. The average Bonchev–Trinajstić information content (AvgIpc) is 0.846. The zero-order valence-electron chi connectivity index (χ0n) is 74.3. The molecule has 3 aromatic heterocycles. The molecule has 0 N–H and O–H groups in total. The summed E-state index contributed by atoms with van der Waals surface area (Å²) in [4.78, 5) is 106. The first kappa shape index (κ1) is 97.8. The smallest absolute Gasteiger partial charge is 0.343 e. The second-order valence-electron chi connectivity index (χ2n) is 32.0. The van der Waals surface area contributed by atoms with Gasteiger partial charge in [-0.15, -0.1) is 0 Å². The van der Waals surface area contributed by atoms with Gasteiger partial charge in [-0.25, -0.2) is 44.3 Å². The van der Waals surface area contributed by atoms with Crippen molar-refractivity contribution in [2.75, 3.05) is 26.4 Å². The summed E-state index contributed by atoms with van der Waals surface area (Å²) in [5, 5.41) is 0. The van der Waals surface area contributed by atoms with Crippen LogP contribution in [0.1, 0.15) is 272 Å². The summed E-state index contributed by atoms with van der Waals surface area (Å²) in [6, 6.07) is 43.1. The SMILES string of the molecule is C=C(C(=O)Oc1ccc(-c2ncc(CCCCC)cn2)cc1)c1ccc(OCCCCCCCCCC(=O)OCCC(OC(=O)CCCCCCCCCOc2ccc(C(=C)C(=O)Oc3ccc(-c4ncc(CCCCC)cn4)cc3)cc2)OC(=O)CCCCCCCCCOc2ccc(C(=C)C(=O)Oc3ccc(-c4ncc(CCCCC)cn4)cc3)cc2)cc1. The van der Waals surface area contributed by atoms with E-state index in [2.05, 4.69) is 70.4 Å². The van der Waals surface area contributed by atoms with Gasteiger partial charge < -0.3 is 42.6 Å². The molecule has 0 aliphatic carbocycles. The molecule has 0 fully saturated rings. The maximum Gasteiger partial charge on any atom is 0.343 e. The highest BCUT2D eigenvalue weighted by molar-refractivity contribution is 6.17. The van der Waals surface area contributed by atoms with Gasteiger partial charge in [0.15, 0.2) is 17.5 Å². The molecule has 0 saturated heterocycles. The van der Waals surface area contributed by atoms with E-state index in [1.54, 1.807) is 72.8 Å². The highest BCUT2D eigenvalue weighted by Gasteiger charge is 2.22. The lowest BCUT2D eigenvalue weighted by Crippen LogP contribution is -2.26. The molecule has 9 rings (SSSR count). The number of benzene rings is 6. The molecular formula is C105H128N6O15. The number of aromatic nitrogens is 6. The van der Waals surface area contributed by atoms with Crippen LogP contribution in [0.3, 0.4) is 0 Å². The maximum atomic E-state index is 13.2. The van der Waals surface area contributed by atoms with Gasteiger partial charge in [0, 0.05) is 73.1 Å². The average molecular weight is 1710 g/mol. The summed E-state index contributed by atoms with van der Waals surface area (Å²) in [6.45, 7) is 20.1. The zero-order chi connectivity index (χ0) is 89.0. The van der Waals surface area contributed by atoms with Crippen molar-refractivity contribution in [1.29, 1.82) is 0 Å². The maximum absolute atomic E-state index is 13.2. The Hall–Kier alpha value is -12.0. The van der Waals surface area contributed by atoms with Crippen LogP contribution >= 0.6 is 0 Å². The van der Waals surface area contributed by atoms with E-state index in [1.165, 1.54) is 19.3 Å². The molecular weight excluding hydrogens is 1590 g/mol. The molecule has 9 aromatic rings. The molecule has 21 heteroatoms. The minimum Gasteiger partial charge on any atom is -0.494 e. The van der Waals surface area contributed by atoms with Gasteiger partial charge in [-0.1, -0.05) is 212 Å². The van der Waals surface area contributed by atoms with Crippen LogP contribution in [0.15, 0.2) is 203 Å². The van der Waals surface area contributed by atoms with Crippen LogP contribution in [-0.4, -0.2) is 98.4 Å². The van der Waals surface area contributed by atoms with Gasteiger partial charge in [-0.05, 0) is 220 Å². The van der Waals surface area contributed by atoms with Crippen LogP contribution in [0.2, 0.25) is 0 Å². The number of esters is 6. The van der Waals surface area contributed by atoms with E-state index < -0.39 is 36.1 Å². The molecule has 3 heterocycles. The normalized spacial score (nSPS) is 11.0. The summed E-state index contributed by atoms with van der Waals surface area (Å²) in [5.41, 5.74) is 8.43. The summed E-state index contributed by atoms with van der Waals surface area (Å²) in [5.74, 6) is 2.18. The Morgan fingerprint density at radius 2 is 0.524 bits per heavy atom. The molecule has 0 aliphatic rings. The van der Waals surface area contributed by atoms with Crippen LogP contribution in [0.4, 0.5) is 0 Å². The van der Waals surface area contributed by atoms with E-state index in [9.17, 15) is 28.8 Å². The van der Waals surface area contributed by atoms with Crippen molar-refractivity contribution in [3.05, 3.63) is 236 Å². The van der Waals surface area contributed by atoms with E-state index in [-0.39, 0.29) is 55.0 Å². The minimum absolute atomic E-state index is 0.0309.